The Labute approximate surface area is 147 Å². The van der Waals surface area contributed by atoms with Crippen molar-refractivity contribution >= 4 is 45.9 Å². The molecule has 6 nitrogen and oxygen atoms in total. The molecule has 2 heterocycles. The summed E-state index contributed by atoms with van der Waals surface area (Å²) in [5, 5.41) is 5.24. The number of amides is 1. The molecular formula is C18H15NO5S. The lowest BCUT2D eigenvalue weighted by Crippen LogP contribution is -2.10. The number of carbonyl (C=O) groups excluding carboxylic acids is 2. The fourth-order valence-corrected chi connectivity index (χ4v) is 3.06. The lowest BCUT2D eigenvalue weighted by Gasteiger charge is -2.02. The van der Waals surface area contributed by atoms with E-state index in [0.717, 1.165) is 5.39 Å². The number of rotatable bonds is 5. The van der Waals surface area contributed by atoms with Gasteiger partial charge in [0.05, 0.1) is 19.9 Å². The van der Waals surface area contributed by atoms with Crippen LogP contribution in [0.1, 0.15) is 15.4 Å². The minimum Gasteiger partial charge on any atom is -0.493 e. The van der Waals surface area contributed by atoms with Crippen LogP contribution in [-0.4, -0.2) is 26.1 Å². The summed E-state index contributed by atoms with van der Waals surface area (Å²) in [7, 11) is 2.86. The molecule has 0 aliphatic rings. The number of carbonyl (C=O) groups is 2. The van der Waals surface area contributed by atoms with E-state index >= 15 is 0 Å². The van der Waals surface area contributed by atoms with Crippen molar-refractivity contribution in [1.29, 1.82) is 0 Å². The van der Waals surface area contributed by atoms with E-state index in [4.69, 9.17) is 9.15 Å². The molecule has 1 amide bonds. The molecule has 7 heteroatoms. The summed E-state index contributed by atoms with van der Waals surface area (Å²) in [6.07, 6.45) is 2.89. The van der Waals surface area contributed by atoms with E-state index in [9.17, 15) is 9.59 Å². The molecule has 25 heavy (non-hydrogen) atoms. The van der Waals surface area contributed by atoms with Gasteiger partial charge in [0.2, 0.25) is 5.91 Å². The van der Waals surface area contributed by atoms with Gasteiger partial charge in [-0.25, -0.2) is 4.79 Å². The average molecular weight is 357 g/mol. The van der Waals surface area contributed by atoms with Gasteiger partial charge in [-0.2, -0.15) is 0 Å². The van der Waals surface area contributed by atoms with E-state index < -0.39 is 5.97 Å². The van der Waals surface area contributed by atoms with Crippen LogP contribution in [-0.2, 0) is 9.53 Å². The number of nitrogens with one attached hydrogen (secondary N) is 1. The van der Waals surface area contributed by atoms with E-state index in [1.807, 2.05) is 18.2 Å². The smallest absolute Gasteiger partial charge is 0.350 e. The number of esters is 1. The first kappa shape index (κ1) is 16.8. The van der Waals surface area contributed by atoms with Gasteiger partial charge in [0, 0.05) is 11.5 Å². The number of ether oxygens (including phenoxy) is 2. The summed E-state index contributed by atoms with van der Waals surface area (Å²) < 4.78 is 15.6. The Morgan fingerprint density at radius 1 is 1.24 bits per heavy atom. The second-order valence-electron chi connectivity index (χ2n) is 5.00. The van der Waals surface area contributed by atoms with Crippen molar-refractivity contribution in [3.63, 3.8) is 0 Å². The molecule has 0 radical (unpaired) electrons. The van der Waals surface area contributed by atoms with Crippen molar-refractivity contribution in [2.75, 3.05) is 19.5 Å². The van der Waals surface area contributed by atoms with Gasteiger partial charge >= 0.3 is 5.97 Å². The van der Waals surface area contributed by atoms with Crippen molar-refractivity contribution in [2.45, 2.75) is 0 Å². The number of para-hydroxylation sites is 1. The van der Waals surface area contributed by atoms with Crippen molar-refractivity contribution < 1.29 is 23.5 Å². The van der Waals surface area contributed by atoms with Gasteiger partial charge in [0.25, 0.3) is 0 Å². The fraction of sp³-hybridized carbons (Fsp3) is 0.111. The van der Waals surface area contributed by atoms with Crippen molar-refractivity contribution in [3.05, 3.63) is 52.4 Å². The average Bonchev–Trinajstić information content (AvgIpc) is 3.25. The summed E-state index contributed by atoms with van der Waals surface area (Å²) in [6.45, 7) is 0. The maximum Gasteiger partial charge on any atom is 0.350 e. The molecule has 0 aliphatic heterocycles. The first-order valence-corrected chi connectivity index (χ1v) is 8.21. The lowest BCUT2D eigenvalue weighted by molar-refractivity contribution is -0.111. The first-order chi connectivity index (χ1) is 12.1. The fourth-order valence-electron chi connectivity index (χ4n) is 2.29. The SMILES string of the molecule is COC(=O)c1sccc1NC(=O)/C=C/c1cc2cccc(OC)c2o1. The number of benzene rings is 1. The summed E-state index contributed by atoms with van der Waals surface area (Å²) in [4.78, 5) is 24.0. The second-order valence-corrected chi connectivity index (χ2v) is 5.92. The summed E-state index contributed by atoms with van der Waals surface area (Å²) >= 11 is 1.20. The molecule has 0 saturated heterocycles. The molecule has 0 unspecified atom stereocenters. The van der Waals surface area contributed by atoms with E-state index in [1.165, 1.54) is 24.5 Å². The monoisotopic (exact) mass is 357 g/mol. The zero-order chi connectivity index (χ0) is 17.8. The Kier molecular flexibility index (Phi) is 4.85. The molecule has 0 atom stereocenters. The summed E-state index contributed by atoms with van der Waals surface area (Å²) in [5.41, 5.74) is 1.04. The van der Waals surface area contributed by atoms with Crippen LogP contribution in [0.3, 0.4) is 0 Å². The first-order valence-electron chi connectivity index (χ1n) is 7.34. The Bertz CT molecular complexity index is 953. The second kappa shape index (κ2) is 7.23. The van der Waals surface area contributed by atoms with E-state index in [0.29, 0.717) is 27.7 Å². The Morgan fingerprint density at radius 2 is 2.08 bits per heavy atom. The van der Waals surface area contributed by atoms with Crippen LogP contribution in [0.25, 0.3) is 17.0 Å². The molecule has 0 saturated carbocycles. The number of methoxy groups -OCH3 is 2. The largest absolute Gasteiger partial charge is 0.493 e. The van der Waals surface area contributed by atoms with Crippen LogP contribution in [0.2, 0.25) is 0 Å². The topological polar surface area (TPSA) is 77.8 Å². The summed E-state index contributed by atoms with van der Waals surface area (Å²) in [6, 6.07) is 9.02. The van der Waals surface area contributed by atoms with Crippen LogP contribution in [0.5, 0.6) is 5.75 Å². The highest BCUT2D eigenvalue weighted by Gasteiger charge is 2.14. The zero-order valence-corrected chi connectivity index (χ0v) is 14.4. The predicted molar refractivity (Wildman–Crippen MR) is 96.1 cm³/mol. The van der Waals surface area contributed by atoms with Crippen LogP contribution in [0, 0.1) is 0 Å². The third kappa shape index (κ3) is 3.56. The standard InChI is InChI=1S/C18H15NO5S/c1-22-14-5-3-4-11-10-12(24-16(11)14)6-7-15(20)19-13-8-9-25-17(13)18(21)23-2/h3-10H,1-2H3,(H,19,20)/b7-6+. The normalized spacial score (nSPS) is 11.0. The lowest BCUT2D eigenvalue weighted by atomic mass is 10.2. The Balaban J connectivity index is 1.75. The number of anilines is 1. The molecule has 0 aliphatic carbocycles. The van der Waals surface area contributed by atoms with Crippen LogP contribution in [0.15, 0.2) is 46.2 Å². The zero-order valence-electron chi connectivity index (χ0n) is 13.6. The van der Waals surface area contributed by atoms with Crippen LogP contribution >= 0.6 is 11.3 Å². The van der Waals surface area contributed by atoms with E-state index in [1.54, 1.807) is 30.7 Å². The molecular weight excluding hydrogens is 342 g/mol. The minimum atomic E-state index is -0.487. The van der Waals surface area contributed by atoms with Gasteiger partial charge in [-0.05, 0) is 29.7 Å². The van der Waals surface area contributed by atoms with Gasteiger partial charge < -0.3 is 19.2 Å². The highest BCUT2D eigenvalue weighted by atomic mass is 32.1. The molecule has 1 N–H and O–H groups in total. The highest BCUT2D eigenvalue weighted by molar-refractivity contribution is 7.12. The quantitative estimate of drug-likeness (QED) is 0.553. The molecule has 3 aromatic rings. The molecule has 0 bridgehead atoms. The van der Waals surface area contributed by atoms with Gasteiger partial charge in [0.15, 0.2) is 11.3 Å². The maximum atomic E-state index is 12.1. The van der Waals surface area contributed by atoms with E-state index in [-0.39, 0.29) is 5.91 Å². The highest BCUT2D eigenvalue weighted by Crippen LogP contribution is 2.29. The van der Waals surface area contributed by atoms with Gasteiger partial charge in [-0.15, -0.1) is 11.3 Å². The third-order valence-corrected chi connectivity index (χ3v) is 4.33. The van der Waals surface area contributed by atoms with Crippen LogP contribution < -0.4 is 10.1 Å². The minimum absolute atomic E-state index is 0.345. The Hall–Kier alpha value is -3.06. The molecule has 0 fully saturated rings. The van der Waals surface area contributed by atoms with E-state index in [2.05, 4.69) is 10.1 Å². The summed E-state index contributed by atoms with van der Waals surface area (Å²) in [5.74, 6) is 0.283. The number of furan rings is 1. The van der Waals surface area contributed by atoms with Crippen LogP contribution in [0.4, 0.5) is 5.69 Å². The number of thiophene rings is 1. The molecule has 1 aromatic carbocycles. The van der Waals surface area contributed by atoms with Gasteiger partial charge in [-0.1, -0.05) is 12.1 Å². The number of fused-ring (bicyclic) bond motifs is 1. The third-order valence-electron chi connectivity index (χ3n) is 3.44. The van der Waals surface area contributed by atoms with Crippen molar-refractivity contribution in [3.8, 4) is 5.75 Å². The van der Waals surface area contributed by atoms with Gasteiger partial charge in [-0.3, -0.25) is 4.79 Å². The van der Waals surface area contributed by atoms with Crippen molar-refractivity contribution in [2.24, 2.45) is 0 Å². The van der Waals surface area contributed by atoms with Gasteiger partial charge in [0.1, 0.15) is 10.6 Å². The molecule has 2 aromatic heterocycles. The molecule has 0 spiro atoms. The molecule has 128 valence electrons. The maximum absolute atomic E-state index is 12.1. The van der Waals surface area contributed by atoms with Crippen molar-refractivity contribution in [1.82, 2.24) is 0 Å². The predicted octanol–water partition coefficient (Wildman–Crippen LogP) is 3.94. The Morgan fingerprint density at radius 3 is 2.84 bits per heavy atom. The number of hydrogen-bond donors (Lipinski definition) is 1. The molecule has 3 rings (SSSR count). The number of hydrogen-bond acceptors (Lipinski definition) is 6.